The highest BCUT2D eigenvalue weighted by Gasteiger charge is 2.18. The molecule has 0 unspecified atom stereocenters. The summed E-state index contributed by atoms with van der Waals surface area (Å²) in [7, 11) is 0. The highest BCUT2D eigenvalue weighted by Crippen LogP contribution is 2.18. The molecule has 2 aromatic rings. The third kappa shape index (κ3) is 3.00. The number of carbonyl (C=O) groups excluding carboxylic acids is 1. The number of anilines is 1. The number of aromatic nitrogens is 3. The summed E-state index contributed by atoms with van der Waals surface area (Å²) in [6.45, 7) is 2.42. The number of hydrogen-bond donors (Lipinski definition) is 1. The van der Waals surface area contributed by atoms with E-state index in [-0.39, 0.29) is 24.7 Å². The number of nitrogens with zero attached hydrogens (tertiary/aromatic N) is 4. The lowest BCUT2D eigenvalue weighted by Gasteiger charge is -2.21. The number of amides is 1. The van der Waals surface area contributed by atoms with Gasteiger partial charge >= 0.3 is 0 Å². The zero-order valence-corrected chi connectivity index (χ0v) is 11.2. The molecule has 0 atom stereocenters. The first kappa shape index (κ1) is 14.1. The number of para-hydroxylation sites is 1. The molecule has 0 saturated heterocycles. The highest BCUT2D eigenvalue weighted by molar-refractivity contribution is 5.93. The van der Waals surface area contributed by atoms with Crippen LogP contribution in [0.2, 0.25) is 0 Å². The van der Waals surface area contributed by atoms with Gasteiger partial charge in [-0.2, -0.15) is 0 Å². The van der Waals surface area contributed by atoms with Gasteiger partial charge in [-0.3, -0.25) is 4.79 Å². The van der Waals surface area contributed by atoms with Gasteiger partial charge in [0.15, 0.2) is 0 Å². The Balaban J connectivity index is 2.15. The van der Waals surface area contributed by atoms with E-state index in [4.69, 9.17) is 5.73 Å². The highest BCUT2D eigenvalue weighted by atomic mass is 19.1. The molecule has 1 aromatic carbocycles. The van der Waals surface area contributed by atoms with Gasteiger partial charge in [0.1, 0.15) is 12.4 Å². The van der Waals surface area contributed by atoms with Gasteiger partial charge in [-0.25, -0.2) is 9.07 Å². The van der Waals surface area contributed by atoms with Gasteiger partial charge < -0.3 is 10.6 Å². The van der Waals surface area contributed by atoms with Crippen LogP contribution < -0.4 is 10.6 Å². The van der Waals surface area contributed by atoms with Crippen LogP contribution in [0.25, 0.3) is 0 Å². The topological polar surface area (TPSA) is 77.0 Å². The van der Waals surface area contributed by atoms with Crippen LogP contribution >= 0.6 is 0 Å². The lowest BCUT2D eigenvalue weighted by molar-refractivity contribution is -0.119. The Morgan fingerprint density at radius 2 is 2.20 bits per heavy atom. The van der Waals surface area contributed by atoms with Crippen LogP contribution in [0, 0.1) is 5.82 Å². The lowest BCUT2D eigenvalue weighted by atomic mass is 10.2. The average molecular weight is 277 g/mol. The van der Waals surface area contributed by atoms with E-state index in [1.54, 1.807) is 31.3 Å². The van der Waals surface area contributed by atoms with Gasteiger partial charge in [0.05, 0.1) is 17.6 Å². The SMILES string of the molecule is CCN(C(=O)Cn1cc(CN)nn1)c1ccccc1F. The summed E-state index contributed by atoms with van der Waals surface area (Å²) in [6.07, 6.45) is 1.60. The molecule has 0 aliphatic carbocycles. The van der Waals surface area contributed by atoms with Crippen molar-refractivity contribution in [3.63, 3.8) is 0 Å². The molecular weight excluding hydrogens is 261 g/mol. The molecule has 7 heteroatoms. The predicted octanol–water partition coefficient (Wildman–Crippen LogP) is 0.929. The lowest BCUT2D eigenvalue weighted by Crippen LogP contribution is -2.34. The van der Waals surface area contributed by atoms with Crippen molar-refractivity contribution in [2.45, 2.75) is 20.0 Å². The molecule has 6 nitrogen and oxygen atoms in total. The van der Waals surface area contributed by atoms with Crippen molar-refractivity contribution in [1.29, 1.82) is 0 Å². The van der Waals surface area contributed by atoms with Crippen LogP contribution in [0.1, 0.15) is 12.6 Å². The number of hydrogen-bond acceptors (Lipinski definition) is 4. The Hall–Kier alpha value is -2.28. The van der Waals surface area contributed by atoms with E-state index >= 15 is 0 Å². The van der Waals surface area contributed by atoms with Gasteiger partial charge in [-0.15, -0.1) is 5.10 Å². The molecule has 0 aliphatic rings. The first-order valence-corrected chi connectivity index (χ1v) is 6.29. The molecule has 1 amide bonds. The van der Waals surface area contributed by atoms with Crippen LogP contribution in [-0.2, 0) is 17.9 Å². The Bertz CT molecular complexity index is 598. The molecule has 20 heavy (non-hydrogen) atoms. The van der Waals surface area contributed by atoms with Crippen LogP contribution in [0.5, 0.6) is 0 Å². The van der Waals surface area contributed by atoms with E-state index in [2.05, 4.69) is 10.3 Å². The number of likely N-dealkylation sites (N-methyl/N-ethyl adjacent to an activating group) is 1. The standard InChI is InChI=1S/C13H16FN5O/c1-2-19(12-6-4-3-5-11(12)14)13(20)9-18-8-10(7-15)16-17-18/h3-6,8H,2,7,9,15H2,1H3. The smallest absolute Gasteiger partial charge is 0.248 e. The second-order valence-corrected chi connectivity index (χ2v) is 4.20. The fraction of sp³-hybridized carbons (Fsp3) is 0.308. The minimum atomic E-state index is -0.427. The number of nitrogens with two attached hydrogens (primary N) is 1. The zero-order valence-electron chi connectivity index (χ0n) is 11.2. The van der Waals surface area contributed by atoms with Crippen molar-refractivity contribution in [2.24, 2.45) is 5.73 Å². The molecular formula is C13H16FN5O. The number of benzene rings is 1. The predicted molar refractivity (Wildman–Crippen MR) is 72.3 cm³/mol. The van der Waals surface area contributed by atoms with Crippen molar-refractivity contribution in [1.82, 2.24) is 15.0 Å². The van der Waals surface area contributed by atoms with Gasteiger partial charge in [0.25, 0.3) is 0 Å². The molecule has 0 radical (unpaired) electrons. The molecule has 1 aromatic heterocycles. The Morgan fingerprint density at radius 1 is 1.45 bits per heavy atom. The van der Waals surface area contributed by atoms with E-state index in [9.17, 15) is 9.18 Å². The molecule has 1 heterocycles. The molecule has 0 bridgehead atoms. The maximum Gasteiger partial charge on any atom is 0.248 e. The van der Waals surface area contributed by atoms with E-state index in [1.165, 1.54) is 15.6 Å². The average Bonchev–Trinajstić information content (AvgIpc) is 2.89. The maximum atomic E-state index is 13.7. The van der Waals surface area contributed by atoms with Crippen molar-refractivity contribution in [3.8, 4) is 0 Å². The Kier molecular flexibility index (Phi) is 4.41. The van der Waals surface area contributed by atoms with Crippen LogP contribution in [0.3, 0.4) is 0 Å². The van der Waals surface area contributed by atoms with E-state index in [0.717, 1.165) is 0 Å². The second-order valence-electron chi connectivity index (χ2n) is 4.20. The summed E-state index contributed by atoms with van der Waals surface area (Å²) in [5.41, 5.74) is 6.30. The molecule has 0 aliphatic heterocycles. The summed E-state index contributed by atoms with van der Waals surface area (Å²) in [4.78, 5) is 13.6. The third-order valence-electron chi connectivity index (χ3n) is 2.85. The van der Waals surface area contributed by atoms with Gasteiger partial charge in [-0.1, -0.05) is 17.3 Å². The first-order valence-electron chi connectivity index (χ1n) is 6.29. The summed E-state index contributed by atoms with van der Waals surface area (Å²) in [5, 5.41) is 7.61. The Labute approximate surface area is 116 Å². The maximum absolute atomic E-state index is 13.7. The minimum Gasteiger partial charge on any atom is -0.325 e. The van der Waals surface area contributed by atoms with Crippen molar-refractivity contribution in [2.75, 3.05) is 11.4 Å². The quantitative estimate of drug-likeness (QED) is 0.882. The fourth-order valence-electron chi connectivity index (χ4n) is 1.88. The summed E-state index contributed by atoms with van der Waals surface area (Å²) < 4.78 is 15.1. The minimum absolute atomic E-state index is 0.00479. The molecule has 0 saturated carbocycles. The first-order chi connectivity index (χ1) is 9.65. The van der Waals surface area contributed by atoms with Crippen molar-refractivity contribution >= 4 is 11.6 Å². The van der Waals surface area contributed by atoms with E-state index < -0.39 is 5.82 Å². The van der Waals surface area contributed by atoms with Crippen molar-refractivity contribution in [3.05, 3.63) is 42.0 Å². The monoisotopic (exact) mass is 277 g/mol. The van der Waals surface area contributed by atoms with Gasteiger partial charge in [0, 0.05) is 13.1 Å². The second kappa shape index (κ2) is 6.25. The molecule has 2 N–H and O–H groups in total. The van der Waals surface area contributed by atoms with Crippen molar-refractivity contribution < 1.29 is 9.18 Å². The molecule has 106 valence electrons. The third-order valence-corrected chi connectivity index (χ3v) is 2.85. The summed E-state index contributed by atoms with van der Waals surface area (Å²) in [6, 6.07) is 6.18. The number of rotatable bonds is 5. The zero-order chi connectivity index (χ0) is 14.5. The molecule has 2 rings (SSSR count). The summed E-state index contributed by atoms with van der Waals surface area (Å²) >= 11 is 0. The molecule has 0 fully saturated rings. The van der Waals surface area contributed by atoms with Crippen LogP contribution in [0.15, 0.2) is 30.5 Å². The number of halogens is 1. The Morgan fingerprint density at radius 3 is 2.80 bits per heavy atom. The largest absolute Gasteiger partial charge is 0.325 e. The number of carbonyl (C=O) groups is 1. The van der Waals surface area contributed by atoms with E-state index in [0.29, 0.717) is 12.2 Å². The normalized spacial score (nSPS) is 10.6. The fourth-order valence-corrected chi connectivity index (χ4v) is 1.88. The van der Waals surface area contributed by atoms with Gasteiger partial charge in [-0.05, 0) is 19.1 Å². The molecule has 0 spiro atoms. The van der Waals surface area contributed by atoms with Crippen LogP contribution in [0.4, 0.5) is 10.1 Å². The van der Waals surface area contributed by atoms with Gasteiger partial charge in [0.2, 0.25) is 5.91 Å². The summed E-state index contributed by atoms with van der Waals surface area (Å²) in [5.74, 6) is -0.685. The van der Waals surface area contributed by atoms with Crippen LogP contribution in [-0.4, -0.2) is 27.4 Å². The van der Waals surface area contributed by atoms with E-state index in [1.807, 2.05) is 0 Å².